The van der Waals surface area contributed by atoms with Crippen molar-refractivity contribution in [3.8, 4) is 11.8 Å². The van der Waals surface area contributed by atoms with Crippen LogP contribution >= 0.6 is 11.8 Å². The van der Waals surface area contributed by atoms with Gasteiger partial charge < -0.3 is 5.11 Å². The third-order valence-electron chi connectivity index (χ3n) is 2.94. The van der Waals surface area contributed by atoms with E-state index in [2.05, 4.69) is 24.0 Å². The topological polar surface area (TPSA) is 20.2 Å². The molecule has 0 saturated heterocycles. The van der Waals surface area contributed by atoms with Gasteiger partial charge in [-0.3, -0.25) is 0 Å². The molecule has 0 spiro atoms. The number of aliphatic hydroxyl groups excluding tert-OH is 1. The summed E-state index contributed by atoms with van der Waals surface area (Å²) >= 11 is 1.61. The molecule has 0 aliphatic carbocycles. The molecule has 3 heteroatoms. The van der Waals surface area contributed by atoms with E-state index >= 15 is 0 Å². The normalized spacial score (nSPS) is 10.0. The van der Waals surface area contributed by atoms with E-state index in [4.69, 9.17) is 5.11 Å². The monoisotopic (exact) mass is 300 g/mol. The number of rotatable bonds is 4. The minimum Gasteiger partial charge on any atom is -0.395 e. The first kappa shape index (κ1) is 15.6. The molecule has 0 aromatic heterocycles. The summed E-state index contributed by atoms with van der Waals surface area (Å²) < 4.78 is 14.0. The minimum absolute atomic E-state index is 0.0285. The van der Waals surface area contributed by atoms with Crippen LogP contribution in [0.2, 0.25) is 0 Å². The maximum Gasteiger partial charge on any atom is 0.128 e. The summed E-state index contributed by atoms with van der Waals surface area (Å²) in [5.74, 6) is 5.99. The van der Waals surface area contributed by atoms with Gasteiger partial charge in [-0.1, -0.05) is 35.6 Å². The van der Waals surface area contributed by atoms with Crippen molar-refractivity contribution in [3.05, 3.63) is 65.0 Å². The third kappa shape index (κ3) is 4.93. The van der Waals surface area contributed by atoms with Crippen molar-refractivity contribution in [2.45, 2.75) is 24.0 Å². The van der Waals surface area contributed by atoms with Gasteiger partial charge in [-0.05, 0) is 36.8 Å². The highest BCUT2D eigenvalue weighted by Gasteiger charge is 2.04. The van der Waals surface area contributed by atoms with Crippen molar-refractivity contribution in [3.63, 3.8) is 0 Å². The number of halogens is 1. The van der Waals surface area contributed by atoms with Gasteiger partial charge in [0, 0.05) is 22.6 Å². The summed E-state index contributed by atoms with van der Waals surface area (Å²) in [6, 6.07) is 13.3. The Morgan fingerprint density at radius 2 is 1.90 bits per heavy atom. The molecule has 0 fully saturated rings. The zero-order valence-electron chi connectivity index (χ0n) is 11.9. The second-order valence-corrected chi connectivity index (χ2v) is 5.73. The van der Waals surface area contributed by atoms with Crippen LogP contribution in [-0.4, -0.2) is 11.7 Å². The lowest BCUT2D eigenvalue weighted by Gasteiger charge is -2.04. The lowest BCUT2D eigenvalue weighted by Crippen LogP contribution is -1.89. The number of thioether (sulfide) groups is 1. The number of aryl methyl sites for hydroxylation is 1. The molecule has 0 saturated carbocycles. The Hall–Kier alpha value is -1.76. The van der Waals surface area contributed by atoms with Crippen LogP contribution in [0.25, 0.3) is 0 Å². The quantitative estimate of drug-likeness (QED) is 0.676. The van der Waals surface area contributed by atoms with E-state index in [0.717, 1.165) is 4.90 Å². The predicted octanol–water partition coefficient (Wildman–Crippen LogP) is 4.16. The van der Waals surface area contributed by atoms with Gasteiger partial charge >= 0.3 is 0 Å². The van der Waals surface area contributed by atoms with Gasteiger partial charge in [0.15, 0.2) is 0 Å². The SMILES string of the molecule is Cc1ccc(SCc2ccc(C#CCCO)cc2F)cc1. The first-order chi connectivity index (χ1) is 10.2. The van der Waals surface area contributed by atoms with Crippen LogP contribution in [0, 0.1) is 24.6 Å². The lowest BCUT2D eigenvalue weighted by atomic mass is 10.1. The zero-order valence-corrected chi connectivity index (χ0v) is 12.7. The second-order valence-electron chi connectivity index (χ2n) is 4.68. The molecule has 108 valence electrons. The molecular weight excluding hydrogens is 283 g/mol. The summed E-state index contributed by atoms with van der Waals surface area (Å²) in [4.78, 5) is 1.13. The second kappa shape index (κ2) is 7.87. The smallest absolute Gasteiger partial charge is 0.128 e. The Balaban J connectivity index is 2.01. The molecule has 0 atom stereocenters. The fourth-order valence-electron chi connectivity index (χ4n) is 1.76. The first-order valence-electron chi connectivity index (χ1n) is 6.76. The average molecular weight is 300 g/mol. The van der Waals surface area contributed by atoms with Gasteiger partial charge in [0.1, 0.15) is 5.82 Å². The fourth-order valence-corrected chi connectivity index (χ4v) is 2.64. The number of benzene rings is 2. The maximum absolute atomic E-state index is 14.0. The summed E-state index contributed by atoms with van der Waals surface area (Å²) in [6.07, 6.45) is 0.409. The molecule has 0 amide bonds. The number of hydrogen-bond donors (Lipinski definition) is 1. The Kier molecular flexibility index (Phi) is 5.86. The molecular formula is C18H17FOS. The Morgan fingerprint density at radius 3 is 2.57 bits per heavy atom. The highest BCUT2D eigenvalue weighted by Crippen LogP contribution is 2.24. The van der Waals surface area contributed by atoms with Crippen LogP contribution in [0.4, 0.5) is 4.39 Å². The molecule has 0 heterocycles. The van der Waals surface area contributed by atoms with Gasteiger partial charge in [0.2, 0.25) is 0 Å². The van der Waals surface area contributed by atoms with Crippen molar-refractivity contribution >= 4 is 11.8 Å². The lowest BCUT2D eigenvalue weighted by molar-refractivity contribution is 0.305. The number of hydrogen-bond acceptors (Lipinski definition) is 2. The standard InChI is InChI=1S/C18H17FOS/c1-14-5-9-17(10-6-14)21-13-16-8-7-15(12-18(16)19)4-2-3-11-20/h5-10,12,20H,3,11,13H2,1H3. The highest BCUT2D eigenvalue weighted by molar-refractivity contribution is 7.98. The van der Waals surface area contributed by atoms with Crippen LogP contribution < -0.4 is 0 Å². The Labute approximate surface area is 129 Å². The van der Waals surface area contributed by atoms with Crippen LogP contribution in [0.5, 0.6) is 0 Å². The third-order valence-corrected chi connectivity index (χ3v) is 4.00. The van der Waals surface area contributed by atoms with E-state index in [-0.39, 0.29) is 12.4 Å². The van der Waals surface area contributed by atoms with Crippen molar-refractivity contribution in [2.75, 3.05) is 6.61 Å². The maximum atomic E-state index is 14.0. The van der Waals surface area contributed by atoms with E-state index in [1.165, 1.54) is 11.6 Å². The van der Waals surface area contributed by atoms with E-state index in [1.807, 2.05) is 25.1 Å². The molecule has 0 aliphatic heterocycles. The van der Waals surface area contributed by atoms with Crippen LogP contribution in [0.3, 0.4) is 0 Å². The van der Waals surface area contributed by atoms with E-state index in [1.54, 1.807) is 17.8 Å². The van der Waals surface area contributed by atoms with Gasteiger partial charge in [-0.25, -0.2) is 4.39 Å². The molecule has 0 radical (unpaired) electrons. The van der Waals surface area contributed by atoms with Crippen LogP contribution in [0.15, 0.2) is 47.4 Å². The summed E-state index contributed by atoms with van der Waals surface area (Å²) in [5, 5.41) is 8.66. The van der Waals surface area contributed by atoms with Crippen LogP contribution in [-0.2, 0) is 5.75 Å². The largest absolute Gasteiger partial charge is 0.395 e. The molecule has 1 nitrogen and oxygen atoms in total. The van der Waals surface area contributed by atoms with Gasteiger partial charge in [-0.15, -0.1) is 11.8 Å². The van der Waals surface area contributed by atoms with Crippen molar-refractivity contribution in [1.82, 2.24) is 0 Å². The van der Waals surface area contributed by atoms with Crippen LogP contribution in [0.1, 0.15) is 23.1 Å². The summed E-state index contributed by atoms with van der Waals surface area (Å²) in [6.45, 7) is 2.07. The van der Waals surface area contributed by atoms with Gasteiger partial charge in [0.25, 0.3) is 0 Å². The molecule has 0 bridgehead atoms. The zero-order chi connectivity index (χ0) is 15.1. The van der Waals surface area contributed by atoms with Crippen molar-refractivity contribution < 1.29 is 9.50 Å². The van der Waals surface area contributed by atoms with Crippen molar-refractivity contribution in [2.24, 2.45) is 0 Å². The van der Waals surface area contributed by atoms with E-state index in [9.17, 15) is 4.39 Å². The Morgan fingerprint density at radius 1 is 1.14 bits per heavy atom. The Bertz CT molecular complexity index is 653. The molecule has 2 aromatic rings. The molecule has 21 heavy (non-hydrogen) atoms. The molecule has 2 aromatic carbocycles. The first-order valence-corrected chi connectivity index (χ1v) is 7.75. The average Bonchev–Trinajstić information content (AvgIpc) is 2.48. The predicted molar refractivity (Wildman–Crippen MR) is 85.7 cm³/mol. The van der Waals surface area contributed by atoms with Crippen molar-refractivity contribution in [1.29, 1.82) is 0 Å². The molecule has 2 rings (SSSR count). The molecule has 1 N–H and O–H groups in total. The summed E-state index contributed by atoms with van der Waals surface area (Å²) in [7, 11) is 0. The number of aliphatic hydroxyl groups is 1. The fraction of sp³-hybridized carbons (Fsp3) is 0.222. The molecule has 0 aliphatic rings. The van der Waals surface area contributed by atoms with E-state index < -0.39 is 0 Å². The highest BCUT2D eigenvalue weighted by atomic mass is 32.2. The van der Waals surface area contributed by atoms with Gasteiger partial charge in [0.05, 0.1) is 6.61 Å². The minimum atomic E-state index is -0.231. The summed E-state index contributed by atoms with van der Waals surface area (Å²) in [5.41, 5.74) is 2.54. The van der Waals surface area contributed by atoms with Gasteiger partial charge in [-0.2, -0.15) is 0 Å². The van der Waals surface area contributed by atoms with E-state index in [0.29, 0.717) is 23.3 Å². The molecule has 0 unspecified atom stereocenters.